The summed E-state index contributed by atoms with van der Waals surface area (Å²) in [6.45, 7) is 5.58. The third kappa shape index (κ3) is 2.45. The van der Waals surface area contributed by atoms with E-state index < -0.39 is 0 Å². The van der Waals surface area contributed by atoms with Crippen molar-refractivity contribution in [1.29, 1.82) is 0 Å². The van der Waals surface area contributed by atoms with E-state index in [4.69, 9.17) is 0 Å². The highest BCUT2D eigenvalue weighted by molar-refractivity contribution is 5.89. The van der Waals surface area contributed by atoms with Crippen molar-refractivity contribution in [3.8, 4) is 5.75 Å². The minimum Gasteiger partial charge on any atom is -0.508 e. The lowest BCUT2D eigenvalue weighted by molar-refractivity contribution is 0.228. The fraction of sp³-hybridized carbons (Fsp3) is 0.533. The van der Waals surface area contributed by atoms with Gasteiger partial charge < -0.3 is 15.4 Å². The van der Waals surface area contributed by atoms with Crippen molar-refractivity contribution in [3.63, 3.8) is 0 Å². The molecule has 0 saturated carbocycles. The molecule has 2 heterocycles. The van der Waals surface area contributed by atoms with E-state index in [1.165, 1.54) is 12.1 Å². The second-order valence-corrected chi connectivity index (χ2v) is 5.46. The SMILES string of the molecule is CCCN1CCC2=NNC(c3cccc(O)c3)C2C1. The molecule has 1 saturated heterocycles. The molecule has 2 N–H and O–H groups in total. The van der Waals surface area contributed by atoms with Crippen molar-refractivity contribution in [2.75, 3.05) is 19.6 Å². The highest BCUT2D eigenvalue weighted by Gasteiger charge is 2.36. The van der Waals surface area contributed by atoms with Gasteiger partial charge in [-0.1, -0.05) is 19.1 Å². The van der Waals surface area contributed by atoms with Gasteiger partial charge >= 0.3 is 0 Å². The molecule has 3 rings (SSSR count). The van der Waals surface area contributed by atoms with E-state index in [-0.39, 0.29) is 6.04 Å². The number of hydrogen-bond donors (Lipinski definition) is 2. The maximum absolute atomic E-state index is 9.63. The summed E-state index contributed by atoms with van der Waals surface area (Å²) in [6.07, 6.45) is 2.26. The Balaban J connectivity index is 1.78. The van der Waals surface area contributed by atoms with Crippen LogP contribution < -0.4 is 5.43 Å². The van der Waals surface area contributed by atoms with E-state index in [9.17, 15) is 5.11 Å². The van der Waals surface area contributed by atoms with Gasteiger partial charge in [0.15, 0.2) is 0 Å². The van der Waals surface area contributed by atoms with Crippen LogP contribution >= 0.6 is 0 Å². The van der Waals surface area contributed by atoms with Crippen LogP contribution in [0.25, 0.3) is 0 Å². The largest absolute Gasteiger partial charge is 0.508 e. The number of benzene rings is 1. The van der Waals surface area contributed by atoms with Crippen molar-refractivity contribution >= 4 is 5.71 Å². The van der Waals surface area contributed by atoms with E-state index in [0.29, 0.717) is 11.7 Å². The highest BCUT2D eigenvalue weighted by Crippen LogP contribution is 2.33. The van der Waals surface area contributed by atoms with Crippen LogP contribution in [0.5, 0.6) is 5.75 Å². The van der Waals surface area contributed by atoms with Crippen molar-refractivity contribution in [2.45, 2.75) is 25.8 Å². The number of nitrogens with zero attached hydrogens (tertiary/aromatic N) is 2. The third-order valence-corrected chi connectivity index (χ3v) is 4.09. The van der Waals surface area contributed by atoms with Crippen LogP contribution in [0.1, 0.15) is 31.4 Å². The van der Waals surface area contributed by atoms with Crippen LogP contribution in [0.15, 0.2) is 29.4 Å². The summed E-state index contributed by atoms with van der Waals surface area (Å²) < 4.78 is 0. The Bertz CT molecular complexity index is 486. The summed E-state index contributed by atoms with van der Waals surface area (Å²) >= 11 is 0. The number of phenolic OH excluding ortho intramolecular Hbond substituents is 1. The predicted octanol–water partition coefficient (Wildman–Crippen LogP) is 2.12. The summed E-state index contributed by atoms with van der Waals surface area (Å²) in [4.78, 5) is 2.52. The molecule has 0 amide bonds. The number of likely N-dealkylation sites (tertiary alicyclic amines) is 1. The minimum absolute atomic E-state index is 0.210. The molecule has 0 aliphatic carbocycles. The monoisotopic (exact) mass is 259 g/mol. The molecule has 1 aromatic rings. The van der Waals surface area contributed by atoms with E-state index in [0.717, 1.165) is 31.6 Å². The lowest BCUT2D eigenvalue weighted by Crippen LogP contribution is -2.42. The zero-order valence-corrected chi connectivity index (χ0v) is 11.3. The first-order chi connectivity index (χ1) is 9.28. The van der Waals surface area contributed by atoms with Gasteiger partial charge in [-0.3, -0.25) is 0 Å². The standard InChI is InChI=1S/C15H21N3O/c1-2-7-18-8-6-14-13(10-18)15(17-16-14)11-4-3-5-12(19)9-11/h3-5,9,13,15,17,19H,2,6-8,10H2,1H3. The van der Waals surface area contributed by atoms with Gasteiger partial charge in [-0.05, 0) is 30.7 Å². The molecule has 1 aromatic carbocycles. The normalized spacial score (nSPS) is 26.7. The maximum atomic E-state index is 9.63. The number of phenols is 1. The number of fused-ring (bicyclic) bond motifs is 1. The summed E-state index contributed by atoms with van der Waals surface area (Å²) in [5.74, 6) is 0.774. The molecule has 2 aliphatic heterocycles. The third-order valence-electron chi connectivity index (χ3n) is 4.09. The van der Waals surface area contributed by atoms with E-state index in [1.807, 2.05) is 12.1 Å². The summed E-state index contributed by atoms with van der Waals surface area (Å²) in [5, 5.41) is 14.1. The Morgan fingerprint density at radius 3 is 3.16 bits per heavy atom. The molecular formula is C15H21N3O. The van der Waals surface area contributed by atoms with Crippen molar-refractivity contribution in [3.05, 3.63) is 29.8 Å². The zero-order chi connectivity index (χ0) is 13.2. The molecule has 19 heavy (non-hydrogen) atoms. The lowest BCUT2D eigenvalue weighted by atomic mass is 9.86. The number of hydrogen-bond acceptors (Lipinski definition) is 4. The minimum atomic E-state index is 0.210. The Morgan fingerprint density at radius 1 is 1.47 bits per heavy atom. The summed E-state index contributed by atoms with van der Waals surface area (Å²) in [7, 11) is 0. The van der Waals surface area contributed by atoms with Crippen LogP contribution in [0, 0.1) is 5.92 Å². The van der Waals surface area contributed by atoms with Gasteiger partial charge in [-0.15, -0.1) is 0 Å². The van der Waals surface area contributed by atoms with E-state index in [1.54, 1.807) is 6.07 Å². The van der Waals surface area contributed by atoms with Crippen LogP contribution in [0.2, 0.25) is 0 Å². The van der Waals surface area contributed by atoms with Gasteiger partial charge in [-0.2, -0.15) is 5.10 Å². The molecule has 2 unspecified atom stereocenters. The highest BCUT2D eigenvalue weighted by atomic mass is 16.3. The van der Waals surface area contributed by atoms with Gasteiger partial charge in [0.05, 0.1) is 6.04 Å². The van der Waals surface area contributed by atoms with Crippen molar-refractivity contribution in [1.82, 2.24) is 10.3 Å². The number of nitrogens with one attached hydrogen (secondary N) is 1. The molecule has 4 heteroatoms. The fourth-order valence-corrected chi connectivity index (χ4v) is 3.16. The second kappa shape index (κ2) is 5.21. The lowest BCUT2D eigenvalue weighted by Gasteiger charge is -2.33. The maximum Gasteiger partial charge on any atom is 0.115 e. The first-order valence-electron chi connectivity index (χ1n) is 7.11. The molecule has 102 valence electrons. The summed E-state index contributed by atoms with van der Waals surface area (Å²) in [6, 6.07) is 7.73. The van der Waals surface area contributed by atoms with Crippen LogP contribution in [0.3, 0.4) is 0 Å². The van der Waals surface area contributed by atoms with Crippen molar-refractivity contribution in [2.24, 2.45) is 11.0 Å². The van der Waals surface area contributed by atoms with Gasteiger partial charge in [0, 0.05) is 31.1 Å². The molecular weight excluding hydrogens is 238 g/mol. The predicted molar refractivity (Wildman–Crippen MR) is 76.3 cm³/mol. The molecule has 0 bridgehead atoms. The first-order valence-corrected chi connectivity index (χ1v) is 7.11. The van der Waals surface area contributed by atoms with E-state index >= 15 is 0 Å². The first kappa shape index (κ1) is 12.5. The Hall–Kier alpha value is -1.55. The van der Waals surface area contributed by atoms with Gasteiger partial charge in [-0.25, -0.2) is 0 Å². The fourth-order valence-electron chi connectivity index (χ4n) is 3.16. The Morgan fingerprint density at radius 2 is 2.37 bits per heavy atom. The average Bonchev–Trinajstić information content (AvgIpc) is 2.82. The van der Waals surface area contributed by atoms with Crippen LogP contribution in [-0.2, 0) is 0 Å². The van der Waals surface area contributed by atoms with Crippen LogP contribution in [-0.4, -0.2) is 35.4 Å². The Kier molecular flexibility index (Phi) is 3.42. The molecule has 0 aromatic heterocycles. The molecule has 0 spiro atoms. The molecule has 4 nitrogen and oxygen atoms in total. The van der Waals surface area contributed by atoms with Crippen LogP contribution in [0.4, 0.5) is 0 Å². The molecule has 2 atom stereocenters. The molecule has 1 fully saturated rings. The van der Waals surface area contributed by atoms with Gasteiger partial charge in [0.25, 0.3) is 0 Å². The Labute approximate surface area is 114 Å². The smallest absolute Gasteiger partial charge is 0.115 e. The quantitative estimate of drug-likeness (QED) is 0.874. The summed E-state index contributed by atoms with van der Waals surface area (Å²) in [5.41, 5.74) is 5.67. The number of rotatable bonds is 3. The molecule has 2 aliphatic rings. The van der Waals surface area contributed by atoms with Gasteiger partial charge in [0.2, 0.25) is 0 Å². The van der Waals surface area contributed by atoms with Crippen molar-refractivity contribution < 1.29 is 5.11 Å². The topological polar surface area (TPSA) is 47.9 Å². The number of piperidine rings is 1. The number of hydrazone groups is 1. The number of aromatic hydroxyl groups is 1. The van der Waals surface area contributed by atoms with E-state index in [2.05, 4.69) is 28.4 Å². The molecule has 0 radical (unpaired) electrons. The zero-order valence-electron chi connectivity index (χ0n) is 11.3. The van der Waals surface area contributed by atoms with Gasteiger partial charge in [0.1, 0.15) is 5.75 Å². The second-order valence-electron chi connectivity index (χ2n) is 5.46. The average molecular weight is 259 g/mol.